The molecule has 0 bridgehead atoms. The lowest BCUT2D eigenvalue weighted by Gasteiger charge is -2.34. The third-order valence-electron chi connectivity index (χ3n) is 5.89. The Morgan fingerprint density at radius 2 is 1.92 bits per heavy atom. The Bertz CT molecular complexity index is 680. The standard InChI is InChI=1S/C21H28BrNO3/c1-20(2,22)16-12-8-11-15(16)18(24)23-17(21(3,4)26-19(23)25)13-14-9-6-5-7-10-14/h5-7,9-10,15-17H,8,11-13H2,1-4H3/t15-,16-,17+/m1/s1. The molecule has 2 fully saturated rings. The number of carbonyl (C=O) groups is 2. The molecule has 0 N–H and O–H groups in total. The molecule has 1 heterocycles. The van der Waals surface area contributed by atoms with Gasteiger partial charge < -0.3 is 4.74 Å². The Morgan fingerprint density at radius 3 is 2.54 bits per heavy atom. The number of benzene rings is 1. The molecule has 5 heteroatoms. The van der Waals surface area contributed by atoms with Crippen molar-refractivity contribution in [1.82, 2.24) is 4.90 Å². The Morgan fingerprint density at radius 1 is 1.27 bits per heavy atom. The smallest absolute Gasteiger partial charge is 0.417 e. The summed E-state index contributed by atoms with van der Waals surface area (Å²) in [6.45, 7) is 8.01. The van der Waals surface area contributed by atoms with Crippen LogP contribution in [-0.4, -0.2) is 32.9 Å². The van der Waals surface area contributed by atoms with E-state index in [1.165, 1.54) is 4.90 Å². The summed E-state index contributed by atoms with van der Waals surface area (Å²) in [4.78, 5) is 27.4. The van der Waals surface area contributed by atoms with E-state index in [0.717, 1.165) is 24.8 Å². The summed E-state index contributed by atoms with van der Waals surface area (Å²) in [5, 5.41) is 0. The van der Waals surface area contributed by atoms with Gasteiger partial charge in [-0.25, -0.2) is 9.69 Å². The average Bonchev–Trinajstić information content (AvgIpc) is 3.11. The summed E-state index contributed by atoms with van der Waals surface area (Å²) < 4.78 is 5.48. The number of rotatable bonds is 4. The quantitative estimate of drug-likeness (QED) is 0.646. The van der Waals surface area contributed by atoms with Crippen LogP contribution in [0.5, 0.6) is 0 Å². The molecule has 0 spiro atoms. The fourth-order valence-corrected chi connectivity index (χ4v) is 5.00. The second-order valence-electron chi connectivity index (χ2n) is 8.59. The van der Waals surface area contributed by atoms with Gasteiger partial charge in [0.2, 0.25) is 5.91 Å². The molecule has 2 amide bonds. The summed E-state index contributed by atoms with van der Waals surface area (Å²) >= 11 is 3.74. The topological polar surface area (TPSA) is 46.6 Å². The highest BCUT2D eigenvalue weighted by molar-refractivity contribution is 9.10. The molecule has 0 aromatic heterocycles. The maximum Gasteiger partial charge on any atom is 0.417 e. The second kappa shape index (κ2) is 6.99. The Hall–Kier alpha value is -1.36. The third kappa shape index (κ3) is 3.68. The number of imide groups is 1. The van der Waals surface area contributed by atoms with E-state index in [9.17, 15) is 9.59 Å². The minimum absolute atomic E-state index is 0.0727. The third-order valence-corrected chi connectivity index (χ3v) is 6.47. The van der Waals surface area contributed by atoms with Gasteiger partial charge in [0, 0.05) is 10.2 Å². The zero-order valence-corrected chi connectivity index (χ0v) is 17.6. The van der Waals surface area contributed by atoms with Crippen LogP contribution in [0, 0.1) is 11.8 Å². The Labute approximate surface area is 164 Å². The number of hydrogen-bond donors (Lipinski definition) is 0. The predicted molar refractivity (Wildman–Crippen MR) is 105 cm³/mol. The monoisotopic (exact) mass is 421 g/mol. The summed E-state index contributed by atoms with van der Waals surface area (Å²) in [6.07, 6.45) is 2.97. The van der Waals surface area contributed by atoms with E-state index in [0.29, 0.717) is 6.42 Å². The largest absolute Gasteiger partial charge is 0.441 e. The van der Waals surface area contributed by atoms with Crippen molar-refractivity contribution in [2.75, 3.05) is 0 Å². The van der Waals surface area contributed by atoms with Gasteiger partial charge in [-0.2, -0.15) is 0 Å². The number of alkyl halides is 1. The number of halogens is 1. The van der Waals surface area contributed by atoms with Crippen LogP contribution >= 0.6 is 15.9 Å². The van der Waals surface area contributed by atoms with Crippen molar-refractivity contribution >= 4 is 27.9 Å². The highest BCUT2D eigenvalue weighted by Gasteiger charge is 2.53. The molecule has 2 aliphatic rings. The van der Waals surface area contributed by atoms with Gasteiger partial charge in [0.15, 0.2) is 0 Å². The molecule has 4 nitrogen and oxygen atoms in total. The van der Waals surface area contributed by atoms with E-state index in [4.69, 9.17) is 4.74 Å². The van der Waals surface area contributed by atoms with Crippen LogP contribution in [0.25, 0.3) is 0 Å². The number of amides is 2. The van der Waals surface area contributed by atoms with Crippen molar-refractivity contribution in [3.05, 3.63) is 35.9 Å². The number of ether oxygens (including phenoxy) is 1. The first-order valence-electron chi connectivity index (χ1n) is 9.40. The normalized spacial score (nSPS) is 28.3. The van der Waals surface area contributed by atoms with Gasteiger partial charge in [0.05, 0.1) is 6.04 Å². The molecular weight excluding hydrogens is 394 g/mol. The molecule has 1 aliphatic carbocycles. The van der Waals surface area contributed by atoms with E-state index in [-0.39, 0.29) is 28.1 Å². The fourth-order valence-electron chi connectivity index (χ4n) is 4.45. The SMILES string of the molecule is CC(C)(Br)[C@@H]1CCC[C@H]1C(=O)N1C(=O)OC(C)(C)[C@@H]1Cc1ccccc1. The zero-order chi connectivity index (χ0) is 19.1. The molecule has 1 aliphatic heterocycles. The molecule has 1 aromatic rings. The van der Waals surface area contributed by atoms with Gasteiger partial charge in [-0.05, 0) is 58.4 Å². The van der Waals surface area contributed by atoms with Gasteiger partial charge in [0.1, 0.15) is 5.60 Å². The van der Waals surface area contributed by atoms with E-state index >= 15 is 0 Å². The highest BCUT2D eigenvalue weighted by Crippen LogP contribution is 2.45. The molecule has 3 atom stereocenters. The van der Waals surface area contributed by atoms with Crippen LogP contribution < -0.4 is 0 Å². The summed E-state index contributed by atoms with van der Waals surface area (Å²) in [5.41, 5.74) is 0.408. The van der Waals surface area contributed by atoms with E-state index in [1.807, 2.05) is 44.2 Å². The number of cyclic esters (lactones) is 1. The lowest BCUT2D eigenvalue weighted by Crippen LogP contribution is -2.49. The predicted octanol–water partition coefficient (Wildman–Crippen LogP) is 4.94. The van der Waals surface area contributed by atoms with Crippen molar-refractivity contribution in [2.45, 2.75) is 69.3 Å². The van der Waals surface area contributed by atoms with Crippen LogP contribution in [0.1, 0.15) is 52.5 Å². The molecule has 142 valence electrons. The van der Waals surface area contributed by atoms with Crippen molar-refractivity contribution in [2.24, 2.45) is 11.8 Å². The highest BCUT2D eigenvalue weighted by atomic mass is 79.9. The van der Waals surface area contributed by atoms with E-state index < -0.39 is 11.7 Å². The molecule has 1 saturated carbocycles. The molecule has 3 rings (SSSR count). The molecule has 26 heavy (non-hydrogen) atoms. The molecular formula is C21H28BrNO3. The van der Waals surface area contributed by atoms with Crippen LogP contribution in [0.4, 0.5) is 4.79 Å². The number of nitrogens with zero attached hydrogens (tertiary/aromatic N) is 1. The number of carbonyl (C=O) groups excluding carboxylic acids is 2. The summed E-state index contributed by atoms with van der Waals surface area (Å²) in [5.74, 6) is 0.0181. The first-order valence-corrected chi connectivity index (χ1v) is 10.2. The van der Waals surface area contributed by atoms with Crippen molar-refractivity contribution in [3.8, 4) is 0 Å². The molecule has 0 radical (unpaired) electrons. The maximum atomic E-state index is 13.4. The van der Waals surface area contributed by atoms with Gasteiger partial charge in [-0.15, -0.1) is 0 Å². The van der Waals surface area contributed by atoms with Gasteiger partial charge in [-0.3, -0.25) is 4.79 Å². The van der Waals surface area contributed by atoms with Crippen molar-refractivity contribution < 1.29 is 14.3 Å². The first-order chi connectivity index (χ1) is 12.1. The van der Waals surface area contributed by atoms with Crippen LogP contribution in [0.2, 0.25) is 0 Å². The first kappa shape index (κ1) is 19.4. The zero-order valence-electron chi connectivity index (χ0n) is 16.0. The van der Waals surface area contributed by atoms with Gasteiger partial charge in [-0.1, -0.05) is 52.7 Å². The minimum Gasteiger partial charge on any atom is -0.441 e. The van der Waals surface area contributed by atoms with Gasteiger partial charge >= 0.3 is 6.09 Å². The molecule has 1 saturated heterocycles. The molecule has 1 aromatic carbocycles. The number of hydrogen-bond acceptors (Lipinski definition) is 3. The summed E-state index contributed by atoms with van der Waals surface area (Å²) in [6, 6.07) is 9.70. The second-order valence-corrected chi connectivity index (χ2v) is 10.6. The lowest BCUT2D eigenvalue weighted by molar-refractivity contribution is -0.135. The Kier molecular flexibility index (Phi) is 5.22. The fraction of sp³-hybridized carbons (Fsp3) is 0.619. The van der Waals surface area contributed by atoms with E-state index in [2.05, 4.69) is 29.8 Å². The van der Waals surface area contributed by atoms with Crippen molar-refractivity contribution in [1.29, 1.82) is 0 Å². The average molecular weight is 422 g/mol. The van der Waals surface area contributed by atoms with E-state index in [1.54, 1.807) is 0 Å². The Balaban J connectivity index is 1.88. The van der Waals surface area contributed by atoms with Gasteiger partial charge in [0.25, 0.3) is 0 Å². The summed E-state index contributed by atoms with van der Waals surface area (Å²) in [7, 11) is 0. The minimum atomic E-state index is -0.694. The van der Waals surface area contributed by atoms with Crippen LogP contribution in [0.3, 0.4) is 0 Å². The van der Waals surface area contributed by atoms with Crippen LogP contribution in [0.15, 0.2) is 30.3 Å². The van der Waals surface area contributed by atoms with Crippen LogP contribution in [-0.2, 0) is 16.0 Å². The van der Waals surface area contributed by atoms with Crippen molar-refractivity contribution in [3.63, 3.8) is 0 Å². The maximum absolute atomic E-state index is 13.4. The molecule has 0 unspecified atom stereocenters. The lowest BCUT2D eigenvalue weighted by atomic mass is 9.84.